The molecule has 0 aliphatic carbocycles. The van der Waals surface area contributed by atoms with Gasteiger partial charge >= 0.3 is 5.97 Å². The second-order valence-electron chi connectivity index (χ2n) is 3.81. The third-order valence-corrected chi connectivity index (χ3v) is 2.54. The van der Waals surface area contributed by atoms with Crippen molar-refractivity contribution in [3.8, 4) is 5.75 Å². The van der Waals surface area contributed by atoms with E-state index in [1.165, 1.54) is 7.11 Å². The SMILES string of the molecule is CC/C=C/C(CC(=O)OC)c1ccc(O)cc1. The molecule has 17 heavy (non-hydrogen) atoms. The molecule has 0 amide bonds. The Hall–Kier alpha value is -1.77. The number of rotatable bonds is 5. The van der Waals surface area contributed by atoms with Crippen LogP contribution < -0.4 is 0 Å². The number of methoxy groups -OCH3 is 1. The number of carbonyl (C=O) groups excluding carboxylic acids is 1. The Bertz CT molecular complexity index is 379. The number of benzene rings is 1. The van der Waals surface area contributed by atoms with Crippen LogP contribution >= 0.6 is 0 Å². The van der Waals surface area contributed by atoms with E-state index in [9.17, 15) is 9.90 Å². The minimum absolute atomic E-state index is 0.00278. The molecule has 1 unspecified atom stereocenters. The first-order valence-corrected chi connectivity index (χ1v) is 5.69. The maximum Gasteiger partial charge on any atom is 0.306 e. The number of carbonyl (C=O) groups is 1. The van der Waals surface area contributed by atoms with Crippen LogP contribution in [0.5, 0.6) is 5.75 Å². The Morgan fingerprint density at radius 1 is 1.41 bits per heavy atom. The van der Waals surface area contributed by atoms with Crippen LogP contribution in [0.15, 0.2) is 36.4 Å². The van der Waals surface area contributed by atoms with Crippen LogP contribution in [0.3, 0.4) is 0 Å². The molecule has 1 rings (SSSR count). The van der Waals surface area contributed by atoms with Crippen LogP contribution in [0.25, 0.3) is 0 Å². The molecular weight excluding hydrogens is 216 g/mol. The maximum atomic E-state index is 11.3. The van der Waals surface area contributed by atoms with Crippen molar-refractivity contribution >= 4 is 5.97 Å². The van der Waals surface area contributed by atoms with Crippen molar-refractivity contribution in [2.45, 2.75) is 25.7 Å². The molecule has 0 aliphatic heterocycles. The second kappa shape index (κ2) is 6.74. The van der Waals surface area contributed by atoms with Gasteiger partial charge < -0.3 is 9.84 Å². The Balaban J connectivity index is 2.85. The largest absolute Gasteiger partial charge is 0.508 e. The van der Waals surface area contributed by atoms with E-state index in [2.05, 4.69) is 4.74 Å². The van der Waals surface area contributed by atoms with Crippen molar-refractivity contribution in [3.05, 3.63) is 42.0 Å². The standard InChI is InChI=1S/C14H18O3/c1-3-4-5-12(10-14(16)17-2)11-6-8-13(15)9-7-11/h4-9,12,15H,3,10H2,1-2H3/b5-4+. The lowest BCUT2D eigenvalue weighted by Crippen LogP contribution is -2.06. The van der Waals surface area contributed by atoms with E-state index < -0.39 is 0 Å². The molecular formula is C14H18O3. The zero-order chi connectivity index (χ0) is 12.7. The van der Waals surface area contributed by atoms with Crippen molar-refractivity contribution < 1.29 is 14.6 Å². The van der Waals surface area contributed by atoms with Crippen LogP contribution in [0.2, 0.25) is 0 Å². The fourth-order valence-electron chi connectivity index (χ4n) is 1.58. The number of hydrogen-bond donors (Lipinski definition) is 1. The fraction of sp³-hybridized carbons (Fsp3) is 0.357. The van der Waals surface area contributed by atoms with Gasteiger partial charge in [0.15, 0.2) is 0 Å². The Labute approximate surface area is 102 Å². The minimum Gasteiger partial charge on any atom is -0.508 e. The van der Waals surface area contributed by atoms with Crippen LogP contribution in [-0.4, -0.2) is 18.2 Å². The van der Waals surface area contributed by atoms with Crippen LogP contribution in [0.1, 0.15) is 31.2 Å². The van der Waals surface area contributed by atoms with Crippen molar-refractivity contribution in [2.24, 2.45) is 0 Å². The van der Waals surface area contributed by atoms with Gasteiger partial charge in [-0.3, -0.25) is 4.79 Å². The summed E-state index contributed by atoms with van der Waals surface area (Å²) in [7, 11) is 1.39. The zero-order valence-corrected chi connectivity index (χ0v) is 10.2. The van der Waals surface area contributed by atoms with E-state index in [0.29, 0.717) is 6.42 Å². The lowest BCUT2D eigenvalue weighted by Gasteiger charge is -2.12. The highest BCUT2D eigenvalue weighted by Gasteiger charge is 2.13. The highest BCUT2D eigenvalue weighted by molar-refractivity contribution is 5.70. The topological polar surface area (TPSA) is 46.5 Å². The summed E-state index contributed by atoms with van der Waals surface area (Å²) in [6.45, 7) is 2.04. The zero-order valence-electron chi connectivity index (χ0n) is 10.2. The molecule has 3 heteroatoms. The van der Waals surface area contributed by atoms with Gasteiger partial charge in [-0.05, 0) is 24.1 Å². The van der Waals surface area contributed by atoms with E-state index in [4.69, 9.17) is 0 Å². The van der Waals surface area contributed by atoms with E-state index in [0.717, 1.165) is 12.0 Å². The lowest BCUT2D eigenvalue weighted by molar-refractivity contribution is -0.140. The van der Waals surface area contributed by atoms with Crippen molar-refractivity contribution in [3.63, 3.8) is 0 Å². The summed E-state index contributed by atoms with van der Waals surface area (Å²) in [4.78, 5) is 11.3. The number of aromatic hydroxyl groups is 1. The lowest BCUT2D eigenvalue weighted by atomic mass is 9.95. The molecule has 1 aromatic carbocycles. The minimum atomic E-state index is -0.233. The molecule has 0 saturated carbocycles. The maximum absolute atomic E-state index is 11.3. The van der Waals surface area contributed by atoms with Gasteiger partial charge in [-0.25, -0.2) is 0 Å². The molecule has 0 radical (unpaired) electrons. The summed E-state index contributed by atoms with van der Waals surface area (Å²) in [5.41, 5.74) is 0.998. The summed E-state index contributed by atoms with van der Waals surface area (Å²) in [6.07, 6.45) is 5.28. The second-order valence-corrected chi connectivity index (χ2v) is 3.81. The predicted octanol–water partition coefficient (Wildman–Crippen LogP) is 3.01. The molecule has 0 fully saturated rings. The van der Waals surface area contributed by atoms with Gasteiger partial charge in [0.05, 0.1) is 13.5 Å². The molecule has 1 N–H and O–H groups in total. The monoisotopic (exact) mass is 234 g/mol. The molecule has 0 heterocycles. The predicted molar refractivity (Wildman–Crippen MR) is 66.9 cm³/mol. The van der Waals surface area contributed by atoms with E-state index in [1.807, 2.05) is 31.2 Å². The summed E-state index contributed by atoms with van der Waals surface area (Å²) >= 11 is 0. The van der Waals surface area contributed by atoms with Crippen molar-refractivity contribution in [1.82, 2.24) is 0 Å². The average Bonchev–Trinajstić information content (AvgIpc) is 2.35. The van der Waals surface area contributed by atoms with Gasteiger partial charge in [0.25, 0.3) is 0 Å². The number of hydrogen-bond acceptors (Lipinski definition) is 3. The van der Waals surface area contributed by atoms with Crippen LogP contribution in [0, 0.1) is 0 Å². The number of allylic oxidation sites excluding steroid dienone is 2. The molecule has 0 aliphatic rings. The van der Waals surface area contributed by atoms with Gasteiger partial charge in [-0.2, -0.15) is 0 Å². The summed E-state index contributed by atoms with van der Waals surface area (Å²) in [5, 5.41) is 9.23. The van der Waals surface area contributed by atoms with Gasteiger partial charge in [0.1, 0.15) is 5.75 Å². The summed E-state index contributed by atoms with van der Waals surface area (Å²) in [5.74, 6) is -0.00290. The highest BCUT2D eigenvalue weighted by Crippen LogP contribution is 2.24. The first-order chi connectivity index (χ1) is 8.17. The van der Waals surface area contributed by atoms with Crippen LogP contribution in [0.4, 0.5) is 0 Å². The Kier molecular flexibility index (Phi) is 5.27. The van der Waals surface area contributed by atoms with E-state index in [1.54, 1.807) is 12.1 Å². The Morgan fingerprint density at radius 2 is 2.06 bits per heavy atom. The average molecular weight is 234 g/mol. The molecule has 0 bridgehead atoms. The number of esters is 1. The summed E-state index contributed by atoms with van der Waals surface area (Å²) < 4.78 is 4.68. The van der Waals surface area contributed by atoms with Gasteiger partial charge in [-0.15, -0.1) is 0 Å². The molecule has 1 atom stereocenters. The fourth-order valence-corrected chi connectivity index (χ4v) is 1.58. The third kappa shape index (κ3) is 4.31. The van der Waals surface area contributed by atoms with E-state index >= 15 is 0 Å². The summed E-state index contributed by atoms with van der Waals surface area (Å²) in [6, 6.07) is 6.89. The molecule has 1 aromatic rings. The molecule has 3 nitrogen and oxygen atoms in total. The van der Waals surface area contributed by atoms with E-state index in [-0.39, 0.29) is 17.6 Å². The molecule has 92 valence electrons. The van der Waals surface area contributed by atoms with Crippen molar-refractivity contribution in [2.75, 3.05) is 7.11 Å². The Morgan fingerprint density at radius 3 is 2.59 bits per heavy atom. The highest BCUT2D eigenvalue weighted by atomic mass is 16.5. The third-order valence-electron chi connectivity index (χ3n) is 2.54. The number of phenolic OH excluding ortho intramolecular Hbond substituents is 1. The van der Waals surface area contributed by atoms with Crippen LogP contribution in [-0.2, 0) is 9.53 Å². The molecule has 0 aromatic heterocycles. The smallest absolute Gasteiger partial charge is 0.306 e. The quantitative estimate of drug-likeness (QED) is 0.629. The normalized spacial score (nSPS) is 12.6. The molecule has 0 spiro atoms. The first kappa shape index (κ1) is 13.3. The van der Waals surface area contributed by atoms with Gasteiger partial charge in [0.2, 0.25) is 0 Å². The van der Waals surface area contributed by atoms with Crippen molar-refractivity contribution in [1.29, 1.82) is 0 Å². The number of phenols is 1. The molecule has 0 saturated heterocycles. The van der Waals surface area contributed by atoms with Gasteiger partial charge in [-0.1, -0.05) is 31.2 Å². The number of ether oxygens (including phenoxy) is 1. The first-order valence-electron chi connectivity index (χ1n) is 5.69. The van der Waals surface area contributed by atoms with Gasteiger partial charge in [0, 0.05) is 5.92 Å².